The number of nitrogens with zero attached hydrogens (tertiary/aromatic N) is 1. The third-order valence-electron chi connectivity index (χ3n) is 4.40. The second kappa shape index (κ2) is 6.62. The zero-order valence-electron chi connectivity index (χ0n) is 14.8. The van der Waals surface area contributed by atoms with Crippen LogP contribution >= 0.6 is 0 Å². The molecule has 4 rings (SSSR count). The summed E-state index contributed by atoms with van der Waals surface area (Å²) >= 11 is 0. The van der Waals surface area contributed by atoms with Gasteiger partial charge in [0.2, 0.25) is 0 Å². The van der Waals surface area contributed by atoms with Crippen LogP contribution in [0.25, 0.3) is 17.0 Å². The molecule has 1 N–H and O–H groups in total. The van der Waals surface area contributed by atoms with E-state index in [0.29, 0.717) is 16.7 Å². The Bertz CT molecular complexity index is 1220. The van der Waals surface area contributed by atoms with Gasteiger partial charge in [-0.15, -0.1) is 0 Å². The first kappa shape index (κ1) is 17.4. The highest BCUT2D eigenvalue weighted by molar-refractivity contribution is 6.39. The number of barbiturate groups is 1. The number of benzene rings is 2. The van der Waals surface area contributed by atoms with E-state index in [2.05, 4.69) is 5.32 Å². The lowest BCUT2D eigenvalue weighted by atomic mass is 10.1. The van der Waals surface area contributed by atoms with E-state index < -0.39 is 17.8 Å². The minimum atomic E-state index is -0.870. The molecule has 1 aliphatic rings. The predicted octanol–water partition coefficient (Wildman–Crippen LogP) is 2.77. The number of amides is 4. The lowest BCUT2D eigenvalue weighted by Crippen LogP contribution is -2.54. The Hall–Kier alpha value is -4.00. The van der Waals surface area contributed by atoms with Gasteiger partial charge in [0, 0.05) is 0 Å². The maximum Gasteiger partial charge on any atom is 0.335 e. The van der Waals surface area contributed by atoms with Gasteiger partial charge in [0.25, 0.3) is 11.8 Å². The van der Waals surface area contributed by atoms with Gasteiger partial charge < -0.3 is 4.42 Å². The third kappa shape index (κ3) is 2.88. The largest absolute Gasteiger partial charge is 0.463 e. The molecule has 28 heavy (non-hydrogen) atoms. The molecule has 3 aromatic rings. The van der Waals surface area contributed by atoms with Crippen molar-refractivity contribution in [2.24, 2.45) is 0 Å². The van der Waals surface area contributed by atoms with Crippen molar-refractivity contribution in [3.63, 3.8) is 0 Å². The molecule has 0 saturated carbocycles. The zero-order chi connectivity index (χ0) is 19.8. The highest BCUT2D eigenvalue weighted by Crippen LogP contribution is 2.22. The smallest absolute Gasteiger partial charge is 0.335 e. The SMILES string of the molecule is Cc1ccc(N2C(=O)NC(=O)/C(=C/c3coc4ccccc4c3=O)C2=O)cc1. The average Bonchev–Trinajstić information content (AvgIpc) is 2.68. The molecule has 1 saturated heterocycles. The molecule has 1 aromatic heterocycles. The van der Waals surface area contributed by atoms with E-state index in [-0.39, 0.29) is 16.6 Å². The average molecular weight is 374 g/mol. The Morgan fingerprint density at radius 3 is 2.43 bits per heavy atom. The summed E-state index contributed by atoms with van der Waals surface area (Å²) in [5, 5.41) is 2.45. The molecule has 0 aliphatic carbocycles. The Morgan fingerprint density at radius 2 is 1.68 bits per heavy atom. The molecular weight excluding hydrogens is 360 g/mol. The van der Waals surface area contributed by atoms with E-state index in [1.165, 1.54) is 6.26 Å². The van der Waals surface area contributed by atoms with Crippen molar-refractivity contribution in [3.05, 3.63) is 81.7 Å². The number of fused-ring (bicyclic) bond motifs is 1. The molecule has 2 aromatic carbocycles. The molecule has 0 unspecified atom stereocenters. The maximum absolute atomic E-state index is 12.9. The standard InChI is InChI=1S/C21H14N2O5/c1-12-6-8-14(9-7-12)23-20(26)16(19(25)22-21(23)27)10-13-11-28-17-5-3-2-4-15(17)18(13)24/h2-11H,1H3,(H,22,25,27)/b16-10-. The number of hydrogen-bond donors (Lipinski definition) is 1. The van der Waals surface area contributed by atoms with E-state index in [9.17, 15) is 19.2 Å². The molecule has 7 heteroatoms. The lowest BCUT2D eigenvalue weighted by Gasteiger charge is -2.26. The fraction of sp³-hybridized carbons (Fsp3) is 0.0476. The molecule has 138 valence electrons. The molecule has 4 amide bonds. The first-order valence-electron chi connectivity index (χ1n) is 8.44. The summed E-state index contributed by atoms with van der Waals surface area (Å²) < 4.78 is 5.41. The van der Waals surface area contributed by atoms with Crippen LogP contribution in [0.1, 0.15) is 11.1 Å². The Balaban J connectivity index is 1.80. The van der Waals surface area contributed by atoms with Crippen molar-refractivity contribution >= 4 is 40.6 Å². The van der Waals surface area contributed by atoms with Crippen LogP contribution in [0.15, 0.2) is 69.6 Å². The van der Waals surface area contributed by atoms with E-state index >= 15 is 0 Å². The van der Waals surface area contributed by atoms with Crippen LogP contribution in [0.5, 0.6) is 0 Å². The van der Waals surface area contributed by atoms with Gasteiger partial charge in [0.1, 0.15) is 17.4 Å². The highest BCUT2D eigenvalue weighted by Gasteiger charge is 2.37. The number of rotatable bonds is 2. The molecule has 1 fully saturated rings. The van der Waals surface area contributed by atoms with Crippen molar-refractivity contribution in [1.29, 1.82) is 0 Å². The second-order valence-corrected chi connectivity index (χ2v) is 6.31. The third-order valence-corrected chi connectivity index (χ3v) is 4.40. The molecule has 0 radical (unpaired) electrons. The summed E-state index contributed by atoms with van der Waals surface area (Å²) in [6, 6.07) is 12.5. The summed E-state index contributed by atoms with van der Waals surface area (Å²) in [5.74, 6) is -1.68. The summed E-state index contributed by atoms with van der Waals surface area (Å²) in [6.07, 6.45) is 2.33. The van der Waals surface area contributed by atoms with E-state index in [1.54, 1.807) is 48.5 Å². The van der Waals surface area contributed by atoms with Crippen molar-refractivity contribution in [1.82, 2.24) is 5.32 Å². The van der Waals surface area contributed by atoms with Gasteiger partial charge in [-0.05, 0) is 37.3 Å². The highest BCUT2D eigenvalue weighted by atomic mass is 16.3. The van der Waals surface area contributed by atoms with Gasteiger partial charge in [0.15, 0.2) is 5.43 Å². The molecule has 2 heterocycles. The maximum atomic E-state index is 12.9. The number of imide groups is 2. The van der Waals surface area contributed by atoms with Gasteiger partial charge in [-0.1, -0.05) is 29.8 Å². The Kier molecular flexibility index (Phi) is 4.12. The number of carbonyl (C=O) groups is 3. The van der Waals surface area contributed by atoms with Crippen molar-refractivity contribution in [2.45, 2.75) is 6.92 Å². The molecule has 0 spiro atoms. The van der Waals surface area contributed by atoms with Crippen LogP contribution in [-0.2, 0) is 9.59 Å². The molecule has 0 atom stereocenters. The summed E-state index contributed by atoms with van der Waals surface area (Å²) in [7, 11) is 0. The zero-order valence-corrected chi connectivity index (χ0v) is 14.8. The van der Waals surface area contributed by atoms with Crippen LogP contribution in [0.2, 0.25) is 0 Å². The number of nitrogens with one attached hydrogen (secondary N) is 1. The molecular formula is C21H14N2O5. The summed E-state index contributed by atoms with van der Waals surface area (Å²) in [6.45, 7) is 1.87. The van der Waals surface area contributed by atoms with Crippen molar-refractivity contribution in [3.8, 4) is 0 Å². The molecule has 7 nitrogen and oxygen atoms in total. The van der Waals surface area contributed by atoms with E-state index in [0.717, 1.165) is 16.5 Å². The van der Waals surface area contributed by atoms with Gasteiger partial charge >= 0.3 is 6.03 Å². The van der Waals surface area contributed by atoms with E-state index in [4.69, 9.17) is 4.42 Å². The predicted molar refractivity (Wildman–Crippen MR) is 103 cm³/mol. The van der Waals surface area contributed by atoms with Crippen molar-refractivity contribution in [2.75, 3.05) is 4.90 Å². The minimum absolute atomic E-state index is 0.0374. The second-order valence-electron chi connectivity index (χ2n) is 6.31. The van der Waals surface area contributed by atoms with Crippen LogP contribution < -0.4 is 15.6 Å². The summed E-state index contributed by atoms with van der Waals surface area (Å²) in [4.78, 5) is 50.8. The van der Waals surface area contributed by atoms with Gasteiger partial charge in [-0.3, -0.25) is 19.7 Å². The van der Waals surface area contributed by atoms with Crippen LogP contribution in [-0.4, -0.2) is 17.8 Å². The van der Waals surface area contributed by atoms with Crippen molar-refractivity contribution < 1.29 is 18.8 Å². The number of anilines is 1. The number of hydrogen-bond acceptors (Lipinski definition) is 5. The first-order chi connectivity index (χ1) is 13.5. The number of para-hydroxylation sites is 1. The molecule has 0 bridgehead atoms. The summed E-state index contributed by atoms with van der Waals surface area (Å²) in [5.41, 5.74) is 0.990. The topological polar surface area (TPSA) is 96.7 Å². The normalized spacial score (nSPS) is 16.0. The van der Waals surface area contributed by atoms with Gasteiger partial charge in [0.05, 0.1) is 16.6 Å². The number of urea groups is 1. The lowest BCUT2D eigenvalue weighted by molar-refractivity contribution is -0.122. The van der Waals surface area contributed by atoms with Gasteiger partial charge in [-0.2, -0.15) is 0 Å². The van der Waals surface area contributed by atoms with Crippen LogP contribution in [0.4, 0.5) is 10.5 Å². The quantitative estimate of drug-likeness (QED) is 0.550. The number of carbonyl (C=O) groups excluding carboxylic acids is 3. The molecule has 1 aliphatic heterocycles. The fourth-order valence-corrected chi connectivity index (χ4v) is 2.93. The van der Waals surface area contributed by atoms with E-state index in [1.807, 2.05) is 6.92 Å². The number of aryl methyl sites for hydroxylation is 1. The Labute approximate surface area is 158 Å². The monoisotopic (exact) mass is 374 g/mol. The first-order valence-corrected chi connectivity index (χ1v) is 8.44. The van der Waals surface area contributed by atoms with Gasteiger partial charge in [-0.25, -0.2) is 9.69 Å². The Morgan fingerprint density at radius 1 is 0.964 bits per heavy atom. The fourth-order valence-electron chi connectivity index (χ4n) is 2.93. The van der Waals surface area contributed by atoms with Crippen LogP contribution in [0.3, 0.4) is 0 Å². The van der Waals surface area contributed by atoms with Crippen LogP contribution in [0, 0.1) is 6.92 Å². The minimum Gasteiger partial charge on any atom is -0.463 e.